The number of halogens is 2. The van der Waals surface area contributed by atoms with Crippen LogP contribution in [0.15, 0.2) is 48.5 Å². The van der Waals surface area contributed by atoms with Crippen molar-refractivity contribution >= 4 is 46.2 Å². The third kappa shape index (κ3) is 2.51. The number of hydrogen-bond donors (Lipinski definition) is 0. The molecule has 1 aromatic carbocycles. The standard InChI is InChI=1S/C14H10ClNS.ClH/c15-9-11-6-8-14(17-11)13-7-5-10-3-1-2-4-12(10)16-13;/h1-8H,9H2;1H. The van der Waals surface area contributed by atoms with Crippen LogP contribution in [0.2, 0.25) is 0 Å². The van der Waals surface area contributed by atoms with Crippen LogP contribution in [-0.4, -0.2) is 4.98 Å². The lowest BCUT2D eigenvalue weighted by Crippen LogP contribution is -1.81. The van der Waals surface area contributed by atoms with Crippen LogP contribution in [-0.2, 0) is 5.88 Å². The van der Waals surface area contributed by atoms with E-state index in [1.54, 1.807) is 11.3 Å². The molecule has 3 rings (SSSR count). The Hall–Kier alpha value is -1.09. The highest BCUT2D eigenvalue weighted by molar-refractivity contribution is 7.15. The molecule has 1 nitrogen and oxygen atoms in total. The molecule has 2 heterocycles. The Morgan fingerprint density at radius 2 is 1.83 bits per heavy atom. The maximum absolute atomic E-state index is 5.81. The molecule has 92 valence electrons. The first-order valence-electron chi connectivity index (χ1n) is 5.37. The summed E-state index contributed by atoms with van der Waals surface area (Å²) >= 11 is 7.51. The first-order valence-corrected chi connectivity index (χ1v) is 6.73. The van der Waals surface area contributed by atoms with Gasteiger partial charge in [0.1, 0.15) is 0 Å². The van der Waals surface area contributed by atoms with E-state index < -0.39 is 0 Å². The predicted octanol–water partition coefficient (Wildman–Crippen LogP) is 5.12. The predicted molar refractivity (Wildman–Crippen MR) is 81.9 cm³/mol. The van der Waals surface area contributed by atoms with E-state index in [0.29, 0.717) is 5.88 Å². The van der Waals surface area contributed by atoms with Crippen LogP contribution in [0.4, 0.5) is 0 Å². The summed E-state index contributed by atoms with van der Waals surface area (Å²) in [7, 11) is 0. The van der Waals surface area contributed by atoms with Crippen molar-refractivity contribution in [3.63, 3.8) is 0 Å². The number of nitrogens with zero attached hydrogens (tertiary/aromatic N) is 1. The summed E-state index contributed by atoms with van der Waals surface area (Å²) in [6.45, 7) is 0. The van der Waals surface area contributed by atoms with Crippen molar-refractivity contribution < 1.29 is 0 Å². The molecule has 0 aliphatic rings. The SMILES string of the molecule is Cl.ClCc1ccc(-c2ccc3ccccc3n2)s1. The second-order valence-electron chi connectivity index (χ2n) is 3.79. The highest BCUT2D eigenvalue weighted by atomic mass is 35.5. The second-order valence-corrected chi connectivity index (χ2v) is 5.22. The fourth-order valence-corrected chi connectivity index (χ4v) is 2.87. The Labute approximate surface area is 121 Å². The summed E-state index contributed by atoms with van der Waals surface area (Å²) in [4.78, 5) is 7.01. The van der Waals surface area contributed by atoms with Crippen LogP contribution in [0.25, 0.3) is 21.5 Å². The van der Waals surface area contributed by atoms with Crippen LogP contribution >= 0.6 is 35.3 Å². The van der Waals surface area contributed by atoms with Crippen molar-refractivity contribution in [2.24, 2.45) is 0 Å². The van der Waals surface area contributed by atoms with Gasteiger partial charge in [0.05, 0.1) is 22.0 Å². The van der Waals surface area contributed by atoms with Crippen LogP contribution in [0.1, 0.15) is 4.88 Å². The van der Waals surface area contributed by atoms with Gasteiger partial charge >= 0.3 is 0 Å². The topological polar surface area (TPSA) is 12.9 Å². The van der Waals surface area contributed by atoms with Gasteiger partial charge < -0.3 is 0 Å². The quantitative estimate of drug-likeness (QED) is 0.598. The maximum Gasteiger partial charge on any atom is 0.0809 e. The van der Waals surface area contributed by atoms with E-state index >= 15 is 0 Å². The minimum Gasteiger partial charge on any atom is -0.247 e. The molecular weight excluding hydrogens is 285 g/mol. The van der Waals surface area contributed by atoms with Gasteiger partial charge in [0.2, 0.25) is 0 Å². The number of benzene rings is 1. The first kappa shape index (κ1) is 13.3. The molecule has 0 N–H and O–H groups in total. The number of hydrogen-bond acceptors (Lipinski definition) is 2. The first-order chi connectivity index (χ1) is 8.36. The third-order valence-corrected chi connectivity index (χ3v) is 4.20. The highest BCUT2D eigenvalue weighted by Crippen LogP contribution is 2.28. The molecule has 0 saturated carbocycles. The summed E-state index contributed by atoms with van der Waals surface area (Å²) in [6.07, 6.45) is 0. The number of fused-ring (bicyclic) bond motifs is 1. The van der Waals surface area contributed by atoms with Gasteiger partial charge in [-0.05, 0) is 24.3 Å². The van der Waals surface area contributed by atoms with Gasteiger partial charge in [-0.15, -0.1) is 35.3 Å². The molecule has 0 radical (unpaired) electrons. The Morgan fingerprint density at radius 1 is 1.00 bits per heavy atom. The molecule has 0 spiro atoms. The van der Waals surface area contributed by atoms with E-state index in [0.717, 1.165) is 11.2 Å². The smallest absolute Gasteiger partial charge is 0.0809 e. The van der Waals surface area contributed by atoms with Gasteiger partial charge in [0.25, 0.3) is 0 Å². The molecule has 0 amide bonds. The second kappa shape index (κ2) is 5.70. The molecule has 4 heteroatoms. The minimum absolute atomic E-state index is 0. The average molecular weight is 296 g/mol. The minimum atomic E-state index is 0. The van der Waals surface area contributed by atoms with Gasteiger partial charge in [-0.25, -0.2) is 4.98 Å². The van der Waals surface area contributed by atoms with Crippen molar-refractivity contribution in [1.29, 1.82) is 0 Å². The Morgan fingerprint density at radius 3 is 2.61 bits per heavy atom. The highest BCUT2D eigenvalue weighted by Gasteiger charge is 2.04. The fraction of sp³-hybridized carbons (Fsp3) is 0.0714. The number of rotatable bonds is 2. The number of aromatic nitrogens is 1. The van der Waals surface area contributed by atoms with E-state index in [2.05, 4.69) is 35.3 Å². The van der Waals surface area contributed by atoms with E-state index in [4.69, 9.17) is 11.6 Å². The number of para-hydroxylation sites is 1. The van der Waals surface area contributed by atoms with Crippen molar-refractivity contribution in [3.05, 3.63) is 53.4 Å². The van der Waals surface area contributed by atoms with Crippen LogP contribution in [0.5, 0.6) is 0 Å². The Kier molecular flexibility index (Phi) is 4.23. The average Bonchev–Trinajstić information content (AvgIpc) is 2.87. The van der Waals surface area contributed by atoms with Crippen molar-refractivity contribution in [2.45, 2.75) is 5.88 Å². The summed E-state index contributed by atoms with van der Waals surface area (Å²) in [5.41, 5.74) is 2.05. The number of thiophene rings is 1. The lowest BCUT2D eigenvalue weighted by Gasteiger charge is -2.00. The zero-order valence-corrected chi connectivity index (χ0v) is 11.9. The zero-order valence-electron chi connectivity index (χ0n) is 9.47. The molecular formula is C14H11Cl2NS. The molecule has 0 bridgehead atoms. The third-order valence-electron chi connectivity index (χ3n) is 2.64. The molecule has 0 aliphatic heterocycles. The molecule has 0 atom stereocenters. The van der Waals surface area contributed by atoms with E-state index in [9.17, 15) is 0 Å². The lowest BCUT2D eigenvalue weighted by atomic mass is 10.2. The largest absolute Gasteiger partial charge is 0.247 e. The van der Waals surface area contributed by atoms with E-state index in [-0.39, 0.29) is 12.4 Å². The Balaban J connectivity index is 0.00000120. The molecule has 18 heavy (non-hydrogen) atoms. The van der Waals surface area contributed by atoms with E-state index in [1.807, 2.05) is 18.2 Å². The van der Waals surface area contributed by atoms with Crippen LogP contribution in [0, 0.1) is 0 Å². The van der Waals surface area contributed by atoms with Gasteiger partial charge in [0.15, 0.2) is 0 Å². The van der Waals surface area contributed by atoms with Gasteiger partial charge in [-0.3, -0.25) is 0 Å². The summed E-state index contributed by atoms with van der Waals surface area (Å²) in [5, 5.41) is 1.17. The normalized spacial score (nSPS) is 10.3. The Bertz CT molecular complexity index is 663. The summed E-state index contributed by atoms with van der Waals surface area (Å²) in [5.74, 6) is 0.568. The number of alkyl halides is 1. The van der Waals surface area contributed by atoms with Gasteiger partial charge in [-0.1, -0.05) is 24.3 Å². The monoisotopic (exact) mass is 295 g/mol. The maximum atomic E-state index is 5.81. The fourth-order valence-electron chi connectivity index (χ4n) is 1.79. The molecule has 3 aromatic rings. The van der Waals surface area contributed by atoms with Crippen molar-refractivity contribution in [3.8, 4) is 10.6 Å². The molecule has 0 saturated heterocycles. The lowest BCUT2D eigenvalue weighted by molar-refractivity contribution is 1.42. The van der Waals surface area contributed by atoms with E-state index in [1.165, 1.54) is 15.1 Å². The van der Waals surface area contributed by atoms with Gasteiger partial charge in [0, 0.05) is 10.3 Å². The summed E-state index contributed by atoms with van der Waals surface area (Å²) < 4.78 is 0. The van der Waals surface area contributed by atoms with Crippen LogP contribution in [0.3, 0.4) is 0 Å². The number of pyridine rings is 1. The molecule has 0 unspecified atom stereocenters. The molecule has 0 fully saturated rings. The summed E-state index contributed by atoms with van der Waals surface area (Å²) in [6, 6.07) is 16.5. The van der Waals surface area contributed by atoms with Crippen LogP contribution < -0.4 is 0 Å². The van der Waals surface area contributed by atoms with Gasteiger partial charge in [-0.2, -0.15) is 0 Å². The zero-order chi connectivity index (χ0) is 11.7. The molecule has 0 aliphatic carbocycles. The van der Waals surface area contributed by atoms with Crippen molar-refractivity contribution in [2.75, 3.05) is 0 Å². The molecule has 2 aromatic heterocycles. The van der Waals surface area contributed by atoms with Crippen molar-refractivity contribution in [1.82, 2.24) is 4.98 Å².